The van der Waals surface area contributed by atoms with Crippen molar-refractivity contribution in [3.8, 4) is 0 Å². The van der Waals surface area contributed by atoms with Gasteiger partial charge in [0, 0.05) is 12.0 Å². The predicted molar refractivity (Wildman–Crippen MR) is 52.5 cm³/mol. The molecule has 1 saturated carbocycles. The van der Waals surface area contributed by atoms with E-state index < -0.39 is 5.82 Å². The van der Waals surface area contributed by atoms with Crippen LogP contribution >= 0.6 is 0 Å². The van der Waals surface area contributed by atoms with E-state index >= 15 is 0 Å². The number of hydrogen-bond acceptors (Lipinski definition) is 2. The van der Waals surface area contributed by atoms with Crippen LogP contribution in [0.5, 0.6) is 0 Å². The molecule has 1 aliphatic rings. The van der Waals surface area contributed by atoms with Crippen molar-refractivity contribution < 1.29 is 9.18 Å². The highest BCUT2D eigenvalue weighted by Crippen LogP contribution is 2.33. The molecule has 74 valence electrons. The van der Waals surface area contributed by atoms with Crippen molar-refractivity contribution in [2.24, 2.45) is 5.92 Å². The largest absolute Gasteiger partial charge is 0.396 e. The molecule has 1 aromatic carbocycles. The number of halogens is 1. The van der Waals surface area contributed by atoms with Crippen LogP contribution in [0.3, 0.4) is 0 Å². The fourth-order valence-electron chi connectivity index (χ4n) is 1.40. The van der Waals surface area contributed by atoms with Gasteiger partial charge < -0.3 is 5.73 Å². The third-order valence-corrected chi connectivity index (χ3v) is 2.49. The SMILES string of the molecule is Nc1ccc(C(=O)CC2CC2)cc1F. The molecule has 0 radical (unpaired) electrons. The van der Waals surface area contributed by atoms with Gasteiger partial charge in [-0.25, -0.2) is 4.39 Å². The maximum Gasteiger partial charge on any atom is 0.163 e. The minimum atomic E-state index is -0.508. The Morgan fingerprint density at radius 2 is 2.21 bits per heavy atom. The van der Waals surface area contributed by atoms with E-state index in [4.69, 9.17) is 5.73 Å². The number of benzene rings is 1. The third kappa shape index (κ3) is 1.92. The van der Waals surface area contributed by atoms with Gasteiger partial charge in [-0.05, 0) is 37.0 Å². The van der Waals surface area contributed by atoms with Gasteiger partial charge in [-0.15, -0.1) is 0 Å². The van der Waals surface area contributed by atoms with Gasteiger partial charge in [0.1, 0.15) is 5.82 Å². The van der Waals surface area contributed by atoms with Gasteiger partial charge in [0.15, 0.2) is 5.78 Å². The molecule has 14 heavy (non-hydrogen) atoms. The van der Waals surface area contributed by atoms with Gasteiger partial charge in [0.05, 0.1) is 5.69 Å². The molecule has 0 aromatic heterocycles. The van der Waals surface area contributed by atoms with E-state index in [9.17, 15) is 9.18 Å². The van der Waals surface area contributed by atoms with E-state index in [2.05, 4.69) is 0 Å². The van der Waals surface area contributed by atoms with Crippen LogP contribution in [-0.4, -0.2) is 5.78 Å². The van der Waals surface area contributed by atoms with E-state index in [1.54, 1.807) is 6.07 Å². The first kappa shape index (κ1) is 9.19. The zero-order valence-electron chi connectivity index (χ0n) is 7.79. The maximum absolute atomic E-state index is 13.0. The van der Waals surface area contributed by atoms with E-state index in [0.717, 1.165) is 12.8 Å². The molecule has 1 aromatic rings. The molecule has 1 aliphatic carbocycles. The summed E-state index contributed by atoms with van der Waals surface area (Å²) < 4.78 is 13.0. The molecule has 2 N–H and O–H groups in total. The summed E-state index contributed by atoms with van der Waals surface area (Å²) in [5.41, 5.74) is 5.84. The van der Waals surface area contributed by atoms with Crippen LogP contribution in [0.15, 0.2) is 18.2 Å². The topological polar surface area (TPSA) is 43.1 Å². The summed E-state index contributed by atoms with van der Waals surface area (Å²) in [6.45, 7) is 0. The molecule has 1 fully saturated rings. The second-order valence-corrected chi connectivity index (χ2v) is 3.81. The molecule has 0 bridgehead atoms. The Morgan fingerprint density at radius 3 is 2.79 bits per heavy atom. The molecule has 0 unspecified atom stereocenters. The lowest BCUT2D eigenvalue weighted by molar-refractivity contribution is 0.0975. The van der Waals surface area contributed by atoms with Crippen LogP contribution in [0.4, 0.5) is 10.1 Å². The number of carbonyl (C=O) groups is 1. The third-order valence-electron chi connectivity index (χ3n) is 2.49. The average Bonchev–Trinajstić information content (AvgIpc) is 2.93. The van der Waals surface area contributed by atoms with Crippen LogP contribution in [0, 0.1) is 11.7 Å². The van der Waals surface area contributed by atoms with Crippen molar-refractivity contribution in [2.45, 2.75) is 19.3 Å². The summed E-state index contributed by atoms with van der Waals surface area (Å²) in [5, 5.41) is 0. The summed E-state index contributed by atoms with van der Waals surface area (Å²) in [7, 11) is 0. The van der Waals surface area contributed by atoms with Gasteiger partial charge in [-0.3, -0.25) is 4.79 Å². The van der Waals surface area contributed by atoms with Crippen LogP contribution < -0.4 is 5.73 Å². The Kier molecular flexibility index (Phi) is 2.23. The van der Waals surface area contributed by atoms with Gasteiger partial charge in [0.25, 0.3) is 0 Å². The number of carbonyl (C=O) groups excluding carboxylic acids is 1. The molecular weight excluding hydrogens is 181 g/mol. The van der Waals surface area contributed by atoms with Crippen LogP contribution in [-0.2, 0) is 0 Å². The lowest BCUT2D eigenvalue weighted by Gasteiger charge is -2.01. The molecule has 2 nitrogen and oxygen atoms in total. The molecule has 2 rings (SSSR count). The standard InChI is InChI=1S/C11H12FNO/c12-9-6-8(3-4-10(9)13)11(14)5-7-1-2-7/h3-4,6-7H,1-2,5,13H2. The second-order valence-electron chi connectivity index (χ2n) is 3.81. The Hall–Kier alpha value is -1.38. The molecule has 3 heteroatoms. The molecule has 0 aliphatic heterocycles. The maximum atomic E-state index is 13.0. The molecular formula is C11H12FNO. The normalized spacial score (nSPS) is 15.5. The second kappa shape index (κ2) is 3.40. The Bertz CT molecular complexity index is 372. The van der Waals surface area contributed by atoms with Crippen molar-refractivity contribution in [3.05, 3.63) is 29.6 Å². The average molecular weight is 193 g/mol. The zero-order valence-corrected chi connectivity index (χ0v) is 7.79. The molecule has 0 saturated heterocycles. The van der Waals surface area contributed by atoms with Gasteiger partial charge in [-0.1, -0.05) is 0 Å². The summed E-state index contributed by atoms with van der Waals surface area (Å²) in [5.74, 6) is 0.0427. The first-order valence-electron chi connectivity index (χ1n) is 4.75. The van der Waals surface area contributed by atoms with Crippen molar-refractivity contribution in [3.63, 3.8) is 0 Å². The predicted octanol–water partition coefficient (Wildman–Crippen LogP) is 2.39. The lowest BCUT2D eigenvalue weighted by atomic mass is 10.1. The first-order valence-corrected chi connectivity index (χ1v) is 4.75. The summed E-state index contributed by atoms with van der Waals surface area (Å²) in [6, 6.07) is 4.25. The summed E-state index contributed by atoms with van der Waals surface area (Å²) in [6.07, 6.45) is 2.80. The monoisotopic (exact) mass is 193 g/mol. The van der Waals surface area contributed by atoms with Crippen molar-refractivity contribution >= 4 is 11.5 Å². The minimum absolute atomic E-state index is 0.0198. The highest BCUT2D eigenvalue weighted by Gasteiger charge is 2.25. The Morgan fingerprint density at radius 1 is 1.50 bits per heavy atom. The molecule has 0 atom stereocenters. The fraction of sp³-hybridized carbons (Fsp3) is 0.364. The minimum Gasteiger partial charge on any atom is -0.396 e. The van der Waals surface area contributed by atoms with E-state index in [1.165, 1.54) is 12.1 Å². The number of anilines is 1. The number of rotatable bonds is 3. The van der Waals surface area contributed by atoms with Crippen LogP contribution in [0.2, 0.25) is 0 Å². The van der Waals surface area contributed by atoms with Crippen molar-refractivity contribution in [1.82, 2.24) is 0 Å². The first-order chi connectivity index (χ1) is 6.66. The molecule has 0 spiro atoms. The zero-order chi connectivity index (χ0) is 10.1. The number of nitrogen functional groups attached to an aromatic ring is 1. The quantitative estimate of drug-likeness (QED) is 0.591. The fourth-order valence-corrected chi connectivity index (χ4v) is 1.40. The molecule has 0 heterocycles. The molecule has 0 amide bonds. The van der Waals surface area contributed by atoms with E-state index in [0.29, 0.717) is 17.9 Å². The smallest absolute Gasteiger partial charge is 0.163 e. The highest BCUT2D eigenvalue weighted by atomic mass is 19.1. The van der Waals surface area contributed by atoms with Crippen LogP contribution in [0.25, 0.3) is 0 Å². The number of Topliss-reactive ketones (excluding diaryl/α,β-unsaturated/α-hetero) is 1. The highest BCUT2D eigenvalue weighted by molar-refractivity contribution is 5.96. The van der Waals surface area contributed by atoms with Gasteiger partial charge in [-0.2, -0.15) is 0 Å². The Balaban J connectivity index is 2.14. The van der Waals surface area contributed by atoms with E-state index in [1.807, 2.05) is 0 Å². The summed E-state index contributed by atoms with van der Waals surface area (Å²) in [4.78, 5) is 11.6. The lowest BCUT2D eigenvalue weighted by Crippen LogP contribution is -2.02. The van der Waals surface area contributed by atoms with Gasteiger partial charge >= 0.3 is 0 Å². The van der Waals surface area contributed by atoms with E-state index in [-0.39, 0.29) is 11.5 Å². The van der Waals surface area contributed by atoms with Gasteiger partial charge in [0.2, 0.25) is 0 Å². The van der Waals surface area contributed by atoms with Crippen molar-refractivity contribution in [1.29, 1.82) is 0 Å². The van der Waals surface area contributed by atoms with Crippen molar-refractivity contribution in [2.75, 3.05) is 5.73 Å². The van der Waals surface area contributed by atoms with Crippen LogP contribution in [0.1, 0.15) is 29.6 Å². The number of ketones is 1. The number of nitrogens with two attached hydrogens (primary N) is 1. The summed E-state index contributed by atoms with van der Waals surface area (Å²) >= 11 is 0. The number of hydrogen-bond donors (Lipinski definition) is 1. The Labute approximate surface area is 81.9 Å².